The van der Waals surface area contributed by atoms with Gasteiger partial charge in [-0.1, -0.05) is 35.4 Å². The minimum Gasteiger partial charge on any atom is -0.361 e. The summed E-state index contributed by atoms with van der Waals surface area (Å²) in [6.45, 7) is 12.5. The number of methoxy groups -OCH3 is 2. The predicted molar refractivity (Wildman–Crippen MR) is 122 cm³/mol. The fourth-order valence-corrected chi connectivity index (χ4v) is 3.54. The van der Waals surface area contributed by atoms with Gasteiger partial charge in [0, 0.05) is 26.6 Å². The molecule has 0 saturated carbocycles. The lowest BCUT2D eigenvalue weighted by Gasteiger charge is -2.18. The molecule has 0 saturated heterocycles. The summed E-state index contributed by atoms with van der Waals surface area (Å²) in [7, 11) is 3.27. The summed E-state index contributed by atoms with van der Waals surface area (Å²) in [5, 5.41) is 3.25. The van der Waals surface area contributed by atoms with Crippen LogP contribution in [-0.4, -0.2) is 39.1 Å². The summed E-state index contributed by atoms with van der Waals surface area (Å²) >= 11 is 0. The highest BCUT2D eigenvalue weighted by Crippen LogP contribution is 2.25. The Balaban J connectivity index is 2.14. The van der Waals surface area contributed by atoms with Crippen LogP contribution in [0.15, 0.2) is 34.3 Å². The first-order valence-electron chi connectivity index (χ1n) is 9.80. The number of aliphatic imine (C=N–C) groups is 2. The molecule has 5 heteroatoms. The molecule has 29 heavy (non-hydrogen) atoms. The highest BCUT2D eigenvalue weighted by atomic mass is 16.5. The lowest BCUT2D eigenvalue weighted by molar-refractivity contribution is 0.0566. The molecule has 0 radical (unpaired) electrons. The Kier molecular flexibility index (Phi) is 8.26. The Morgan fingerprint density at radius 2 is 0.966 bits per heavy atom. The van der Waals surface area contributed by atoms with Crippen molar-refractivity contribution in [1.29, 1.82) is 0 Å². The van der Waals surface area contributed by atoms with Crippen LogP contribution in [0.1, 0.15) is 33.4 Å². The van der Waals surface area contributed by atoms with Gasteiger partial charge in [-0.25, -0.2) is 0 Å². The molecule has 0 spiro atoms. The van der Waals surface area contributed by atoms with Crippen molar-refractivity contribution in [2.45, 2.75) is 54.0 Å². The molecule has 156 valence electrons. The number of hydrogen-bond acceptors (Lipinski definition) is 5. The van der Waals surface area contributed by atoms with E-state index in [4.69, 9.17) is 9.47 Å². The van der Waals surface area contributed by atoms with Crippen molar-refractivity contribution in [3.8, 4) is 0 Å². The third-order valence-electron chi connectivity index (χ3n) is 4.79. The van der Waals surface area contributed by atoms with E-state index in [0.29, 0.717) is 0 Å². The number of nitrogens with one attached hydrogen (secondary N) is 1. The van der Waals surface area contributed by atoms with E-state index in [1.54, 1.807) is 26.6 Å². The van der Waals surface area contributed by atoms with Gasteiger partial charge in [-0.3, -0.25) is 15.3 Å². The summed E-state index contributed by atoms with van der Waals surface area (Å²) in [4.78, 5) is 9.30. The molecule has 0 amide bonds. The van der Waals surface area contributed by atoms with Crippen molar-refractivity contribution < 1.29 is 9.47 Å². The molecule has 1 N–H and O–H groups in total. The molecule has 2 rings (SSSR count). The van der Waals surface area contributed by atoms with E-state index in [2.05, 4.69) is 81.1 Å². The molecule has 2 aromatic carbocycles. The van der Waals surface area contributed by atoms with Gasteiger partial charge in [-0.15, -0.1) is 0 Å². The topological polar surface area (TPSA) is 55.2 Å². The molecule has 0 aliphatic heterocycles. The monoisotopic (exact) mass is 395 g/mol. The third-order valence-corrected chi connectivity index (χ3v) is 4.79. The molecule has 0 bridgehead atoms. The van der Waals surface area contributed by atoms with Gasteiger partial charge in [0.1, 0.15) is 12.5 Å². The van der Waals surface area contributed by atoms with Crippen molar-refractivity contribution >= 4 is 23.8 Å². The minimum absolute atomic E-state index is 0.410. The van der Waals surface area contributed by atoms with Gasteiger partial charge in [0.25, 0.3) is 0 Å². The Hall–Kier alpha value is -2.34. The fourth-order valence-electron chi connectivity index (χ4n) is 3.54. The minimum atomic E-state index is -0.410. The van der Waals surface area contributed by atoms with Gasteiger partial charge in [-0.05, 0) is 63.8 Å². The zero-order chi connectivity index (χ0) is 21.6. The average molecular weight is 396 g/mol. The SMILES string of the molecule is COC(C=Nc1c(C)cc(C)cc1C)NC(C=Nc1c(C)cc(C)cc1C)OC. The van der Waals surface area contributed by atoms with Gasteiger partial charge in [0.2, 0.25) is 0 Å². The van der Waals surface area contributed by atoms with Gasteiger partial charge in [-0.2, -0.15) is 0 Å². The third kappa shape index (κ3) is 6.32. The molecule has 5 nitrogen and oxygen atoms in total. The summed E-state index contributed by atoms with van der Waals surface area (Å²) < 4.78 is 11.0. The quantitative estimate of drug-likeness (QED) is 0.495. The molecule has 2 unspecified atom stereocenters. The van der Waals surface area contributed by atoms with Crippen LogP contribution in [0.25, 0.3) is 0 Å². The lowest BCUT2D eigenvalue weighted by Crippen LogP contribution is -2.42. The van der Waals surface area contributed by atoms with Crippen LogP contribution in [0, 0.1) is 41.5 Å². The predicted octanol–water partition coefficient (Wildman–Crippen LogP) is 5.18. The zero-order valence-electron chi connectivity index (χ0n) is 18.8. The molecule has 2 atom stereocenters. The van der Waals surface area contributed by atoms with E-state index < -0.39 is 12.5 Å². The van der Waals surface area contributed by atoms with E-state index in [1.807, 2.05) is 0 Å². The Morgan fingerprint density at radius 3 is 1.24 bits per heavy atom. The van der Waals surface area contributed by atoms with Crippen LogP contribution >= 0.6 is 0 Å². The van der Waals surface area contributed by atoms with E-state index in [0.717, 1.165) is 33.6 Å². The summed E-state index contributed by atoms with van der Waals surface area (Å²) in [5.74, 6) is 0. The maximum Gasteiger partial charge on any atom is 0.146 e. The first-order chi connectivity index (χ1) is 13.7. The number of ether oxygens (including phenoxy) is 2. The van der Waals surface area contributed by atoms with Crippen molar-refractivity contribution in [1.82, 2.24) is 5.32 Å². The zero-order valence-corrected chi connectivity index (χ0v) is 18.8. The van der Waals surface area contributed by atoms with Gasteiger partial charge in [0.15, 0.2) is 0 Å². The number of benzene rings is 2. The van der Waals surface area contributed by atoms with Crippen molar-refractivity contribution in [2.75, 3.05) is 14.2 Å². The van der Waals surface area contributed by atoms with Gasteiger partial charge < -0.3 is 9.47 Å². The average Bonchev–Trinajstić information content (AvgIpc) is 2.63. The number of aryl methyl sites for hydroxylation is 6. The largest absolute Gasteiger partial charge is 0.361 e. The second-order valence-corrected chi connectivity index (χ2v) is 7.53. The van der Waals surface area contributed by atoms with Crippen LogP contribution in [0.5, 0.6) is 0 Å². The van der Waals surface area contributed by atoms with Crippen LogP contribution in [0.3, 0.4) is 0 Å². The van der Waals surface area contributed by atoms with E-state index >= 15 is 0 Å². The number of rotatable bonds is 8. The lowest BCUT2D eigenvalue weighted by atomic mass is 10.1. The molecule has 0 aliphatic carbocycles. The standard InChI is InChI=1S/C24H33N3O2/c1-15-9-17(3)23(18(4)10-15)25-13-21(28-7)27-22(29-8)14-26-24-19(5)11-16(2)12-20(24)6/h9-14,21-22,27H,1-8H3. The van der Waals surface area contributed by atoms with E-state index in [1.165, 1.54) is 11.1 Å². The maximum atomic E-state index is 5.52. The van der Waals surface area contributed by atoms with Crippen LogP contribution < -0.4 is 5.32 Å². The van der Waals surface area contributed by atoms with Crippen LogP contribution in [0.2, 0.25) is 0 Å². The van der Waals surface area contributed by atoms with E-state index in [-0.39, 0.29) is 0 Å². The normalized spacial score (nSPS) is 14.1. The van der Waals surface area contributed by atoms with E-state index in [9.17, 15) is 0 Å². The fraction of sp³-hybridized carbons (Fsp3) is 0.417. The Bertz CT molecular complexity index is 783. The molecule has 0 fully saturated rings. The molecule has 0 aliphatic rings. The molecule has 2 aromatic rings. The highest BCUT2D eigenvalue weighted by Gasteiger charge is 2.12. The number of hydrogen-bond donors (Lipinski definition) is 1. The smallest absolute Gasteiger partial charge is 0.146 e. The summed E-state index contributed by atoms with van der Waals surface area (Å²) in [6.07, 6.45) is 2.69. The second-order valence-electron chi connectivity index (χ2n) is 7.53. The highest BCUT2D eigenvalue weighted by molar-refractivity contribution is 5.73. The summed E-state index contributed by atoms with van der Waals surface area (Å²) in [5.41, 5.74) is 8.97. The van der Waals surface area contributed by atoms with Crippen molar-refractivity contribution in [2.24, 2.45) is 9.98 Å². The first-order valence-corrected chi connectivity index (χ1v) is 9.80. The molecular weight excluding hydrogens is 362 g/mol. The van der Waals surface area contributed by atoms with Gasteiger partial charge >= 0.3 is 0 Å². The maximum absolute atomic E-state index is 5.52. The molecular formula is C24H33N3O2. The summed E-state index contributed by atoms with van der Waals surface area (Å²) in [6, 6.07) is 8.52. The van der Waals surface area contributed by atoms with Gasteiger partial charge in [0.05, 0.1) is 11.4 Å². The second kappa shape index (κ2) is 10.4. The number of nitrogens with zero attached hydrogens (tertiary/aromatic N) is 2. The Morgan fingerprint density at radius 1 is 0.655 bits per heavy atom. The molecule has 0 aromatic heterocycles. The Labute approximate surface area is 174 Å². The van der Waals surface area contributed by atoms with Crippen molar-refractivity contribution in [3.05, 3.63) is 57.6 Å². The van der Waals surface area contributed by atoms with Crippen molar-refractivity contribution in [3.63, 3.8) is 0 Å². The first kappa shape index (κ1) is 22.9. The molecule has 0 heterocycles. The van der Waals surface area contributed by atoms with Crippen LogP contribution in [-0.2, 0) is 9.47 Å². The van der Waals surface area contributed by atoms with Crippen LogP contribution in [0.4, 0.5) is 11.4 Å².